The van der Waals surface area contributed by atoms with Crippen molar-refractivity contribution in [2.24, 2.45) is 11.1 Å². The van der Waals surface area contributed by atoms with Crippen LogP contribution < -0.4 is 5.73 Å². The highest BCUT2D eigenvalue weighted by molar-refractivity contribution is 5.85. The van der Waals surface area contributed by atoms with Crippen LogP contribution in [0.5, 0.6) is 0 Å². The van der Waals surface area contributed by atoms with E-state index in [0.29, 0.717) is 32.7 Å². The van der Waals surface area contributed by atoms with Gasteiger partial charge in [0.05, 0.1) is 12.6 Å². The zero-order valence-electron chi connectivity index (χ0n) is 15.6. The topological polar surface area (TPSA) is 69.9 Å². The van der Waals surface area contributed by atoms with Gasteiger partial charge in [0, 0.05) is 26.2 Å². The van der Waals surface area contributed by atoms with Gasteiger partial charge in [0.25, 0.3) is 0 Å². The van der Waals surface area contributed by atoms with Gasteiger partial charge in [-0.05, 0) is 18.5 Å². The molecule has 0 aliphatic carbocycles. The van der Waals surface area contributed by atoms with E-state index in [4.69, 9.17) is 5.73 Å². The van der Waals surface area contributed by atoms with Crippen molar-refractivity contribution in [3.63, 3.8) is 0 Å². The lowest BCUT2D eigenvalue weighted by atomic mass is 9.86. The SMILES string of the molecule is CCN(CC)CC(=O)N1CCN(C(=O)[C@@H](N)C(C)(C)C)CC1.Cl.Cl. The van der Waals surface area contributed by atoms with Gasteiger partial charge in [0.1, 0.15) is 0 Å². The highest BCUT2D eigenvalue weighted by Crippen LogP contribution is 2.19. The molecule has 1 aliphatic heterocycles. The first-order chi connectivity index (χ1) is 10.2. The zero-order chi connectivity index (χ0) is 16.9. The Hall–Kier alpha value is -0.560. The van der Waals surface area contributed by atoms with Gasteiger partial charge in [0.15, 0.2) is 0 Å². The Labute approximate surface area is 158 Å². The number of carbonyl (C=O) groups excluding carboxylic acids is 2. The number of piperazine rings is 1. The van der Waals surface area contributed by atoms with Gasteiger partial charge in [-0.25, -0.2) is 0 Å². The first-order valence-electron chi connectivity index (χ1n) is 8.25. The van der Waals surface area contributed by atoms with Gasteiger partial charge < -0.3 is 15.5 Å². The van der Waals surface area contributed by atoms with Crippen molar-refractivity contribution in [2.75, 3.05) is 45.8 Å². The number of nitrogens with zero attached hydrogens (tertiary/aromatic N) is 3. The van der Waals surface area contributed by atoms with Gasteiger partial charge in [-0.1, -0.05) is 34.6 Å². The molecule has 0 bridgehead atoms. The Morgan fingerprint density at radius 2 is 1.42 bits per heavy atom. The smallest absolute Gasteiger partial charge is 0.240 e. The fraction of sp³-hybridized carbons (Fsp3) is 0.875. The number of amides is 2. The van der Waals surface area contributed by atoms with Crippen LogP contribution in [0.15, 0.2) is 0 Å². The van der Waals surface area contributed by atoms with Crippen LogP contribution in [-0.2, 0) is 9.59 Å². The van der Waals surface area contributed by atoms with Crippen LogP contribution in [0.3, 0.4) is 0 Å². The maximum absolute atomic E-state index is 12.4. The first-order valence-corrected chi connectivity index (χ1v) is 8.25. The summed E-state index contributed by atoms with van der Waals surface area (Å²) in [4.78, 5) is 30.4. The molecule has 0 radical (unpaired) electrons. The minimum absolute atomic E-state index is 0. The third-order valence-corrected chi connectivity index (χ3v) is 4.40. The van der Waals surface area contributed by atoms with Crippen molar-refractivity contribution in [3.05, 3.63) is 0 Å². The summed E-state index contributed by atoms with van der Waals surface area (Å²) in [5.74, 6) is 0.138. The molecule has 6 nitrogen and oxygen atoms in total. The highest BCUT2D eigenvalue weighted by Gasteiger charge is 2.33. The second-order valence-electron chi connectivity index (χ2n) is 7.01. The van der Waals surface area contributed by atoms with Crippen molar-refractivity contribution in [2.45, 2.75) is 40.7 Å². The summed E-state index contributed by atoms with van der Waals surface area (Å²) in [5, 5.41) is 0. The molecule has 1 saturated heterocycles. The van der Waals surface area contributed by atoms with E-state index >= 15 is 0 Å². The molecule has 0 aromatic heterocycles. The van der Waals surface area contributed by atoms with Gasteiger partial charge in [-0.2, -0.15) is 0 Å². The minimum atomic E-state index is -0.495. The van der Waals surface area contributed by atoms with Crippen LogP contribution in [0, 0.1) is 5.41 Å². The predicted molar refractivity (Wildman–Crippen MR) is 103 cm³/mol. The quantitative estimate of drug-likeness (QED) is 0.773. The number of nitrogens with two attached hydrogens (primary N) is 1. The van der Waals surface area contributed by atoms with Crippen molar-refractivity contribution in [1.29, 1.82) is 0 Å². The number of halogens is 2. The molecule has 144 valence electrons. The van der Waals surface area contributed by atoms with E-state index in [9.17, 15) is 9.59 Å². The van der Waals surface area contributed by atoms with Crippen LogP contribution in [0.1, 0.15) is 34.6 Å². The van der Waals surface area contributed by atoms with Crippen LogP contribution in [0.2, 0.25) is 0 Å². The molecule has 1 atom stereocenters. The van der Waals surface area contributed by atoms with Crippen LogP contribution in [0.4, 0.5) is 0 Å². The van der Waals surface area contributed by atoms with E-state index in [1.54, 1.807) is 4.90 Å². The molecule has 8 heteroatoms. The zero-order valence-corrected chi connectivity index (χ0v) is 17.2. The Kier molecular flexibility index (Phi) is 11.9. The summed E-state index contributed by atoms with van der Waals surface area (Å²) in [5.41, 5.74) is 5.80. The van der Waals surface area contributed by atoms with Gasteiger partial charge in [-0.15, -0.1) is 24.8 Å². The standard InChI is InChI=1S/C16H32N4O2.2ClH/c1-6-18(7-2)12-13(21)19-8-10-20(11-9-19)15(22)14(17)16(3,4)5;;/h14H,6-12,17H2,1-5H3;2*1H/t14-;;/m1../s1. The van der Waals surface area contributed by atoms with Crippen LogP contribution in [-0.4, -0.2) is 78.4 Å². The second kappa shape index (κ2) is 11.1. The first kappa shape index (κ1) is 25.7. The van der Waals surface area contributed by atoms with E-state index in [2.05, 4.69) is 18.7 Å². The van der Waals surface area contributed by atoms with E-state index in [1.807, 2.05) is 25.7 Å². The molecule has 0 saturated carbocycles. The normalized spacial score (nSPS) is 16.3. The molecule has 1 heterocycles. The average Bonchev–Trinajstić information content (AvgIpc) is 2.50. The lowest BCUT2D eigenvalue weighted by Crippen LogP contribution is -2.57. The summed E-state index contributed by atoms with van der Waals surface area (Å²) in [6.07, 6.45) is 0. The Balaban J connectivity index is 0. The van der Waals surface area contributed by atoms with Gasteiger partial charge in [0.2, 0.25) is 11.8 Å². The number of likely N-dealkylation sites (N-methyl/N-ethyl adjacent to an activating group) is 1. The largest absolute Gasteiger partial charge is 0.338 e. The molecular formula is C16H34Cl2N4O2. The molecule has 1 fully saturated rings. The molecule has 0 aromatic rings. The summed E-state index contributed by atoms with van der Waals surface area (Å²) < 4.78 is 0. The summed E-state index contributed by atoms with van der Waals surface area (Å²) >= 11 is 0. The van der Waals surface area contributed by atoms with Crippen molar-refractivity contribution < 1.29 is 9.59 Å². The van der Waals surface area contributed by atoms with Crippen molar-refractivity contribution >= 4 is 36.6 Å². The van der Waals surface area contributed by atoms with Crippen LogP contribution in [0.25, 0.3) is 0 Å². The molecule has 0 aromatic carbocycles. The molecular weight excluding hydrogens is 351 g/mol. The maximum Gasteiger partial charge on any atom is 0.240 e. The van der Waals surface area contributed by atoms with E-state index in [0.717, 1.165) is 13.1 Å². The lowest BCUT2D eigenvalue weighted by Gasteiger charge is -2.38. The lowest BCUT2D eigenvalue weighted by molar-refractivity contribution is -0.142. The van der Waals surface area contributed by atoms with E-state index in [1.165, 1.54) is 0 Å². The fourth-order valence-corrected chi connectivity index (χ4v) is 2.48. The van der Waals surface area contributed by atoms with E-state index < -0.39 is 6.04 Å². The molecule has 1 aliphatic rings. The second-order valence-corrected chi connectivity index (χ2v) is 7.01. The van der Waals surface area contributed by atoms with Gasteiger partial charge in [-0.3, -0.25) is 14.5 Å². The minimum Gasteiger partial charge on any atom is -0.338 e. The molecule has 0 unspecified atom stereocenters. The predicted octanol–water partition coefficient (Wildman–Crippen LogP) is 1.22. The number of hydrogen-bond donors (Lipinski definition) is 1. The van der Waals surface area contributed by atoms with Gasteiger partial charge >= 0.3 is 0 Å². The number of hydrogen-bond acceptors (Lipinski definition) is 4. The van der Waals surface area contributed by atoms with Crippen molar-refractivity contribution in [1.82, 2.24) is 14.7 Å². The third kappa shape index (κ3) is 7.13. The molecule has 2 amide bonds. The Morgan fingerprint density at radius 1 is 1.00 bits per heavy atom. The summed E-state index contributed by atoms with van der Waals surface area (Å²) in [6, 6.07) is -0.495. The summed E-state index contributed by atoms with van der Waals surface area (Å²) in [6.45, 7) is 14.6. The van der Waals surface area contributed by atoms with Crippen LogP contribution >= 0.6 is 24.8 Å². The number of carbonyl (C=O) groups is 2. The maximum atomic E-state index is 12.4. The molecule has 0 spiro atoms. The summed E-state index contributed by atoms with van der Waals surface area (Å²) in [7, 11) is 0. The van der Waals surface area contributed by atoms with E-state index in [-0.39, 0.29) is 42.0 Å². The Morgan fingerprint density at radius 3 is 1.79 bits per heavy atom. The molecule has 1 rings (SSSR count). The number of rotatable bonds is 5. The molecule has 24 heavy (non-hydrogen) atoms. The Bertz CT molecular complexity index is 390. The third-order valence-electron chi connectivity index (χ3n) is 4.40. The average molecular weight is 385 g/mol. The molecule has 2 N–H and O–H groups in total. The highest BCUT2D eigenvalue weighted by atomic mass is 35.5. The van der Waals surface area contributed by atoms with Crippen molar-refractivity contribution in [3.8, 4) is 0 Å². The fourth-order valence-electron chi connectivity index (χ4n) is 2.48. The monoisotopic (exact) mass is 384 g/mol.